The van der Waals surface area contributed by atoms with Crippen molar-refractivity contribution in [3.63, 3.8) is 0 Å². The molecule has 0 radical (unpaired) electrons. The minimum atomic E-state index is 0.0210. The summed E-state index contributed by atoms with van der Waals surface area (Å²) in [5.74, 6) is 0.550. The molecule has 6 heteroatoms. The first-order valence-electron chi connectivity index (χ1n) is 8.77. The Kier molecular flexibility index (Phi) is 6.29. The maximum absolute atomic E-state index is 11.6. The number of carbonyl (C=O) groups excluding carboxylic acids is 1. The van der Waals surface area contributed by atoms with Gasteiger partial charge in [0.15, 0.2) is 0 Å². The van der Waals surface area contributed by atoms with E-state index in [1.165, 1.54) is 11.3 Å². The number of hydrogen-bond acceptors (Lipinski definition) is 4. The molecule has 1 amide bonds. The van der Waals surface area contributed by atoms with Gasteiger partial charge in [0, 0.05) is 58.8 Å². The third kappa shape index (κ3) is 5.17. The fraction of sp³-hybridized carbons (Fsp3) is 0.526. The van der Waals surface area contributed by atoms with E-state index in [0.717, 1.165) is 32.6 Å². The normalized spacial score (nSPS) is 17.9. The van der Waals surface area contributed by atoms with Gasteiger partial charge in [0.25, 0.3) is 0 Å². The lowest BCUT2D eigenvalue weighted by Crippen LogP contribution is -2.29. The highest BCUT2D eigenvalue weighted by atomic mass is 32.1. The fourth-order valence-electron chi connectivity index (χ4n) is 3.25. The third-order valence-corrected chi connectivity index (χ3v) is 5.39. The topological polar surface area (TPSA) is 37.7 Å². The Bertz CT molecular complexity index is 666. The Balaban J connectivity index is 1.56. The molecule has 2 aromatic heterocycles. The molecule has 1 atom stereocenters. The van der Waals surface area contributed by atoms with Crippen molar-refractivity contribution in [2.45, 2.75) is 26.1 Å². The van der Waals surface area contributed by atoms with Gasteiger partial charge in [0.2, 0.25) is 5.91 Å². The van der Waals surface area contributed by atoms with E-state index in [2.05, 4.69) is 44.6 Å². The van der Waals surface area contributed by atoms with Gasteiger partial charge < -0.3 is 14.2 Å². The van der Waals surface area contributed by atoms with Gasteiger partial charge in [-0.1, -0.05) is 0 Å². The van der Waals surface area contributed by atoms with E-state index in [1.807, 2.05) is 0 Å². The van der Waals surface area contributed by atoms with Crippen molar-refractivity contribution in [1.82, 2.24) is 14.4 Å². The van der Waals surface area contributed by atoms with Crippen LogP contribution >= 0.6 is 11.3 Å². The molecule has 0 fully saturated rings. The molecule has 25 heavy (non-hydrogen) atoms. The average molecular weight is 362 g/mol. The predicted octanol–water partition coefficient (Wildman–Crippen LogP) is 2.68. The summed E-state index contributed by atoms with van der Waals surface area (Å²) in [5, 5.41) is 4.37. The number of aromatic nitrogens is 1. The van der Waals surface area contributed by atoms with Crippen LogP contribution in [0.25, 0.3) is 0 Å². The second-order valence-corrected chi connectivity index (χ2v) is 7.73. The minimum absolute atomic E-state index is 0.0210. The summed E-state index contributed by atoms with van der Waals surface area (Å²) in [6.07, 6.45) is 3.14. The second-order valence-electron chi connectivity index (χ2n) is 6.95. The van der Waals surface area contributed by atoms with Gasteiger partial charge in [-0.25, -0.2) is 0 Å². The Morgan fingerprint density at radius 1 is 1.36 bits per heavy atom. The van der Waals surface area contributed by atoms with Crippen molar-refractivity contribution in [2.75, 3.05) is 33.9 Å². The fourth-order valence-corrected chi connectivity index (χ4v) is 3.91. The lowest BCUT2D eigenvalue weighted by Gasteiger charge is -2.23. The van der Waals surface area contributed by atoms with E-state index >= 15 is 0 Å². The van der Waals surface area contributed by atoms with Crippen LogP contribution in [0.3, 0.4) is 0 Å². The standard InChI is InChI=1S/C19H27N3O2S/c1-20(2)19(23)14-24-8-5-16-10-21(11-17-6-9-25-15-17)13-18-4-3-7-22(18)12-16/h3-4,6-7,9,15-16H,5,8,10-14H2,1-2H3/t16-/m1/s1. The Morgan fingerprint density at radius 3 is 3.00 bits per heavy atom. The van der Waals surface area contributed by atoms with Crippen LogP contribution in [-0.2, 0) is 29.2 Å². The summed E-state index contributed by atoms with van der Waals surface area (Å²) in [4.78, 5) is 15.7. The summed E-state index contributed by atoms with van der Waals surface area (Å²) in [7, 11) is 3.51. The molecule has 0 bridgehead atoms. The highest BCUT2D eigenvalue weighted by Crippen LogP contribution is 2.21. The van der Waals surface area contributed by atoms with Gasteiger partial charge in [-0.05, 0) is 46.9 Å². The Hall–Kier alpha value is -1.63. The zero-order chi connectivity index (χ0) is 17.6. The zero-order valence-electron chi connectivity index (χ0n) is 15.1. The van der Waals surface area contributed by atoms with Gasteiger partial charge >= 0.3 is 0 Å². The third-order valence-electron chi connectivity index (χ3n) is 4.66. The van der Waals surface area contributed by atoms with Crippen molar-refractivity contribution >= 4 is 17.2 Å². The molecule has 5 nitrogen and oxygen atoms in total. The molecule has 1 aliphatic rings. The second kappa shape index (κ2) is 8.65. The molecule has 0 aromatic carbocycles. The number of thiophene rings is 1. The van der Waals surface area contributed by atoms with E-state index in [4.69, 9.17) is 4.74 Å². The summed E-state index contributed by atoms with van der Waals surface area (Å²) >= 11 is 1.76. The van der Waals surface area contributed by atoms with Crippen LogP contribution in [0.2, 0.25) is 0 Å². The largest absolute Gasteiger partial charge is 0.372 e. The summed E-state index contributed by atoms with van der Waals surface area (Å²) in [6.45, 7) is 4.86. The average Bonchev–Trinajstić information content (AvgIpc) is 3.20. The molecular weight excluding hydrogens is 334 g/mol. The van der Waals surface area contributed by atoms with Crippen LogP contribution in [-0.4, -0.2) is 54.1 Å². The zero-order valence-corrected chi connectivity index (χ0v) is 15.9. The lowest BCUT2D eigenvalue weighted by molar-refractivity contribution is -0.133. The van der Waals surface area contributed by atoms with Crippen LogP contribution in [0.1, 0.15) is 17.7 Å². The van der Waals surface area contributed by atoms with Crippen molar-refractivity contribution in [3.8, 4) is 0 Å². The molecule has 0 N–H and O–H groups in total. The Labute approximate surface area is 153 Å². The van der Waals surface area contributed by atoms with E-state index in [1.54, 1.807) is 30.3 Å². The lowest BCUT2D eigenvalue weighted by atomic mass is 10.1. The van der Waals surface area contributed by atoms with Gasteiger partial charge in [-0.2, -0.15) is 11.3 Å². The van der Waals surface area contributed by atoms with Crippen molar-refractivity contribution in [1.29, 1.82) is 0 Å². The van der Waals surface area contributed by atoms with Gasteiger partial charge in [-0.3, -0.25) is 9.69 Å². The van der Waals surface area contributed by atoms with Gasteiger partial charge in [0.1, 0.15) is 6.61 Å². The number of fused-ring (bicyclic) bond motifs is 1. The SMILES string of the molecule is CN(C)C(=O)COCC[C@@H]1CN(Cc2ccsc2)Cc2cccn2C1. The predicted molar refractivity (Wildman–Crippen MR) is 100 cm³/mol. The number of hydrogen-bond donors (Lipinski definition) is 0. The van der Waals surface area contributed by atoms with E-state index in [-0.39, 0.29) is 12.5 Å². The van der Waals surface area contributed by atoms with E-state index in [0.29, 0.717) is 12.5 Å². The number of rotatable bonds is 7. The smallest absolute Gasteiger partial charge is 0.248 e. The number of likely N-dealkylation sites (N-methyl/N-ethyl adjacent to an activating group) is 1. The number of carbonyl (C=O) groups is 1. The number of nitrogens with zero attached hydrogens (tertiary/aromatic N) is 3. The highest BCUT2D eigenvalue weighted by Gasteiger charge is 2.21. The first kappa shape index (κ1) is 18.2. The summed E-state index contributed by atoms with van der Waals surface area (Å²) in [6, 6.07) is 6.56. The van der Waals surface area contributed by atoms with Crippen LogP contribution in [0.4, 0.5) is 0 Å². The van der Waals surface area contributed by atoms with Crippen molar-refractivity contribution < 1.29 is 9.53 Å². The minimum Gasteiger partial charge on any atom is -0.372 e. The molecule has 0 aliphatic carbocycles. The number of ether oxygens (including phenoxy) is 1. The summed E-state index contributed by atoms with van der Waals surface area (Å²) in [5.41, 5.74) is 2.76. The van der Waals surface area contributed by atoms with Crippen LogP contribution in [0, 0.1) is 5.92 Å². The monoisotopic (exact) mass is 361 g/mol. The molecule has 2 aromatic rings. The molecule has 1 aliphatic heterocycles. The van der Waals surface area contributed by atoms with Crippen LogP contribution in [0.5, 0.6) is 0 Å². The first-order valence-corrected chi connectivity index (χ1v) is 9.71. The first-order chi connectivity index (χ1) is 12.1. The van der Waals surface area contributed by atoms with Gasteiger partial charge in [-0.15, -0.1) is 0 Å². The molecule has 0 saturated heterocycles. The van der Waals surface area contributed by atoms with E-state index in [9.17, 15) is 4.79 Å². The van der Waals surface area contributed by atoms with Crippen LogP contribution in [0.15, 0.2) is 35.2 Å². The highest BCUT2D eigenvalue weighted by molar-refractivity contribution is 7.07. The molecule has 3 heterocycles. The quantitative estimate of drug-likeness (QED) is 0.712. The molecule has 0 saturated carbocycles. The van der Waals surface area contributed by atoms with E-state index < -0.39 is 0 Å². The number of amides is 1. The van der Waals surface area contributed by atoms with Crippen molar-refractivity contribution in [2.24, 2.45) is 5.92 Å². The van der Waals surface area contributed by atoms with Crippen LogP contribution < -0.4 is 0 Å². The molecule has 0 unspecified atom stereocenters. The maximum Gasteiger partial charge on any atom is 0.248 e. The van der Waals surface area contributed by atoms with Gasteiger partial charge in [0.05, 0.1) is 0 Å². The molecule has 0 spiro atoms. The summed E-state index contributed by atoms with van der Waals surface area (Å²) < 4.78 is 7.96. The molecule has 136 valence electrons. The maximum atomic E-state index is 11.6. The molecular formula is C19H27N3O2S. The Morgan fingerprint density at radius 2 is 2.24 bits per heavy atom. The van der Waals surface area contributed by atoms with Crippen molar-refractivity contribution in [3.05, 3.63) is 46.4 Å². The molecule has 3 rings (SSSR count).